The number of nitrogens with one attached hydrogen (secondary N) is 1. The maximum Gasteiger partial charge on any atom is 0.294 e. The topological polar surface area (TPSA) is 95.9 Å². The minimum atomic E-state index is -0.584. The number of anilines is 1. The number of carbonyl (C=O) groups excluding carboxylic acids is 3. The zero-order valence-corrected chi connectivity index (χ0v) is 15.9. The number of benzene rings is 2. The summed E-state index contributed by atoms with van der Waals surface area (Å²) >= 11 is 0.719. The monoisotopic (exact) mass is 398 g/mol. The molecule has 0 saturated carbocycles. The molecule has 1 fully saturated rings. The molecule has 2 aromatic rings. The first-order chi connectivity index (χ1) is 13.5. The number of hydrogen-bond donors (Lipinski definition) is 2. The van der Waals surface area contributed by atoms with Crippen LogP contribution in [-0.4, -0.2) is 40.2 Å². The molecule has 144 valence electrons. The summed E-state index contributed by atoms with van der Waals surface area (Å²) in [5.74, 6) is -0.569. The second-order valence-electron chi connectivity index (χ2n) is 5.84. The Labute approximate surface area is 166 Å². The molecule has 0 atom stereocenters. The predicted molar refractivity (Wildman–Crippen MR) is 107 cm³/mol. The van der Waals surface area contributed by atoms with Gasteiger partial charge in [0.25, 0.3) is 11.1 Å². The number of ether oxygens (including phenoxy) is 1. The quantitative estimate of drug-likeness (QED) is 0.724. The molecule has 0 aliphatic carbocycles. The van der Waals surface area contributed by atoms with Crippen LogP contribution in [0.1, 0.15) is 12.5 Å². The van der Waals surface area contributed by atoms with Gasteiger partial charge in [-0.2, -0.15) is 0 Å². The SMILES string of the molecule is CCOc1ccc(O)c(/C=C2\SC(=O)N(CC(=O)Nc3ccccc3)C2=O)c1. The fraction of sp³-hybridized carbons (Fsp3) is 0.150. The van der Waals surface area contributed by atoms with Crippen molar-refractivity contribution in [1.82, 2.24) is 4.90 Å². The zero-order chi connectivity index (χ0) is 20.1. The molecule has 0 bridgehead atoms. The number of nitrogens with zero attached hydrogens (tertiary/aromatic N) is 1. The second-order valence-corrected chi connectivity index (χ2v) is 6.83. The number of phenolic OH excluding ortho intramolecular Hbond substituents is 1. The van der Waals surface area contributed by atoms with Gasteiger partial charge in [0.2, 0.25) is 5.91 Å². The summed E-state index contributed by atoms with van der Waals surface area (Å²) in [6, 6.07) is 13.4. The van der Waals surface area contributed by atoms with E-state index in [-0.39, 0.29) is 17.2 Å². The fourth-order valence-electron chi connectivity index (χ4n) is 2.55. The average molecular weight is 398 g/mol. The fourth-order valence-corrected chi connectivity index (χ4v) is 3.38. The van der Waals surface area contributed by atoms with Gasteiger partial charge in [-0.05, 0) is 55.1 Å². The van der Waals surface area contributed by atoms with Gasteiger partial charge in [-0.3, -0.25) is 19.3 Å². The Morgan fingerprint density at radius 3 is 2.68 bits per heavy atom. The van der Waals surface area contributed by atoms with E-state index in [0.717, 1.165) is 16.7 Å². The molecular weight excluding hydrogens is 380 g/mol. The van der Waals surface area contributed by atoms with Gasteiger partial charge in [0.05, 0.1) is 11.5 Å². The van der Waals surface area contributed by atoms with E-state index in [2.05, 4.69) is 5.32 Å². The summed E-state index contributed by atoms with van der Waals surface area (Å²) in [5.41, 5.74) is 0.929. The summed E-state index contributed by atoms with van der Waals surface area (Å²) < 4.78 is 5.38. The van der Waals surface area contributed by atoms with Crippen LogP contribution in [0.4, 0.5) is 10.5 Å². The van der Waals surface area contributed by atoms with Gasteiger partial charge in [-0.1, -0.05) is 18.2 Å². The van der Waals surface area contributed by atoms with Crippen molar-refractivity contribution < 1.29 is 24.2 Å². The number of amides is 3. The Kier molecular flexibility index (Phi) is 6.00. The molecule has 0 spiro atoms. The second kappa shape index (κ2) is 8.62. The van der Waals surface area contributed by atoms with Crippen LogP contribution in [0, 0.1) is 0 Å². The molecule has 2 N–H and O–H groups in total. The van der Waals surface area contributed by atoms with Crippen LogP contribution >= 0.6 is 11.8 Å². The number of para-hydroxylation sites is 1. The highest BCUT2D eigenvalue weighted by atomic mass is 32.2. The molecule has 3 amide bonds. The molecule has 1 saturated heterocycles. The molecule has 1 aliphatic rings. The van der Waals surface area contributed by atoms with Gasteiger partial charge >= 0.3 is 0 Å². The molecule has 1 aliphatic heterocycles. The predicted octanol–water partition coefficient (Wildman–Crippen LogP) is 3.47. The molecule has 0 radical (unpaired) electrons. The summed E-state index contributed by atoms with van der Waals surface area (Å²) in [6.07, 6.45) is 1.41. The molecule has 1 heterocycles. The molecule has 7 nitrogen and oxygen atoms in total. The normalized spacial score (nSPS) is 15.2. The van der Waals surface area contributed by atoms with Crippen LogP contribution in [0.3, 0.4) is 0 Å². The van der Waals surface area contributed by atoms with Crippen LogP contribution in [0.25, 0.3) is 6.08 Å². The highest BCUT2D eigenvalue weighted by molar-refractivity contribution is 8.18. The molecule has 8 heteroatoms. The third-order valence-electron chi connectivity index (χ3n) is 3.83. The number of rotatable bonds is 6. The number of carbonyl (C=O) groups is 3. The first-order valence-electron chi connectivity index (χ1n) is 8.54. The maximum absolute atomic E-state index is 12.6. The van der Waals surface area contributed by atoms with Crippen molar-refractivity contribution >= 4 is 40.6 Å². The molecular formula is C20H18N2O5S. The minimum absolute atomic E-state index is 0.0444. The third kappa shape index (κ3) is 4.52. The number of phenols is 1. The summed E-state index contributed by atoms with van der Waals surface area (Å²) in [6.45, 7) is 1.90. The number of thioether (sulfide) groups is 1. The molecule has 28 heavy (non-hydrogen) atoms. The van der Waals surface area contributed by atoms with E-state index in [9.17, 15) is 19.5 Å². The molecule has 3 rings (SSSR count). The molecule has 0 aromatic heterocycles. The van der Waals surface area contributed by atoms with Crippen molar-refractivity contribution in [2.75, 3.05) is 18.5 Å². The Morgan fingerprint density at radius 1 is 1.21 bits per heavy atom. The lowest BCUT2D eigenvalue weighted by Gasteiger charge is -2.12. The number of hydrogen-bond acceptors (Lipinski definition) is 6. The van der Waals surface area contributed by atoms with Crippen molar-refractivity contribution in [3.05, 3.63) is 59.0 Å². The van der Waals surface area contributed by atoms with Gasteiger partial charge in [-0.25, -0.2) is 0 Å². The Bertz CT molecular complexity index is 943. The van der Waals surface area contributed by atoms with Gasteiger partial charge in [0.1, 0.15) is 18.0 Å². The lowest BCUT2D eigenvalue weighted by molar-refractivity contribution is -0.127. The Hall–Kier alpha value is -3.26. The maximum atomic E-state index is 12.6. The lowest BCUT2D eigenvalue weighted by atomic mass is 10.1. The Morgan fingerprint density at radius 2 is 1.96 bits per heavy atom. The summed E-state index contributed by atoms with van der Waals surface area (Å²) in [7, 11) is 0. The zero-order valence-electron chi connectivity index (χ0n) is 15.0. The minimum Gasteiger partial charge on any atom is -0.507 e. The summed E-state index contributed by atoms with van der Waals surface area (Å²) in [4.78, 5) is 37.9. The van der Waals surface area contributed by atoms with Crippen LogP contribution in [0.2, 0.25) is 0 Å². The summed E-state index contributed by atoms with van der Waals surface area (Å²) in [5, 5.41) is 12.1. The van der Waals surface area contributed by atoms with Crippen molar-refractivity contribution in [1.29, 1.82) is 0 Å². The van der Waals surface area contributed by atoms with E-state index >= 15 is 0 Å². The highest BCUT2D eigenvalue weighted by Crippen LogP contribution is 2.34. The number of imide groups is 1. The van der Waals surface area contributed by atoms with Crippen molar-refractivity contribution in [2.45, 2.75) is 6.92 Å². The van der Waals surface area contributed by atoms with Crippen LogP contribution in [0.15, 0.2) is 53.4 Å². The van der Waals surface area contributed by atoms with Crippen LogP contribution < -0.4 is 10.1 Å². The van der Waals surface area contributed by atoms with E-state index in [1.54, 1.807) is 36.4 Å². The lowest BCUT2D eigenvalue weighted by Crippen LogP contribution is -2.36. The highest BCUT2D eigenvalue weighted by Gasteiger charge is 2.36. The smallest absolute Gasteiger partial charge is 0.294 e. The first-order valence-corrected chi connectivity index (χ1v) is 9.35. The third-order valence-corrected chi connectivity index (χ3v) is 4.74. The van der Waals surface area contributed by atoms with Crippen molar-refractivity contribution in [3.8, 4) is 11.5 Å². The molecule has 2 aromatic carbocycles. The van der Waals surface area contributed by atoms with Crippen molar-refractivity contribution in [2.24, 2.45) is 0 Å². The largest absolute Gasteiger partial charge is 0.507 e. The van der Waals surface area contributed by atoms with Crippen LogP contribution in [-0.2, 0) is 9.59 Å². The van der Waals surface area contributed by atoms with E-state index in [0.29, 0.717) is 23.6 Å². The van der Waals surface area contributed by atoms with E-state index < -0.39 is 17.1 Å². The van der Waals surface area contributed by atoms with Gasteiger partial charge in [-0.15, -0.1) is 0 Å². The van der Waals surface area contributed by atoms with Crippen molar-refractivity contribution in [3.63, 3.8) is 0 Å². The van der Waals surface area contributed by atoms with Gasteiger partial charge in [0, 0.05) is 11.3 Å². The van der Waals surface area contributed by atoms with E-state index in [1.165, 1.54) is 12.1 Å². The Balaban J connectivity index is 1.73. The van der Waals surface area contributed by atoms with E-state index in [1.807, 2.05) is 13.0 Å². The van der Waals surface area contributed by atoms with Gasteiger partial charge in [0.15, 0.2) is 0 Å². The van der Waals surface area contributed by atoms with Gasteiger partial charge < -0.3 is 15.2 Å². The van der Waals surface area contributed by atoms with E-state index in [4.69, 9.17) is 4.74 Å². The molecule has 0 unspecified atom stereocenters. The first kappa shape index (κ1) is 19.5. The van der Waals surface area contributed by atoms with Crippen LogP contribution in [0.5, 0.6) is 11.5 Å². The number of aromatic hydroxyl groups is 1. The standard InChI is InChI=1S/C20H18N2O5S/c1-2-27-15-8-9-16(23)13(10-15)11-17-19(25)22(20(26)28-17)12-18(24)21-14-6-4-3-5-7-14/h3-11,23H,2,12H2,1H3,(H,21,24)/b17-11-. The average Bonchev–Trinajstić information content (AvgIpc) is 2.93.